The highest BCUT2D eigenvalue weighted by molar-refractivity contribution is 5.92. The lowest BCUT2D eigenvalue weighted by Gasteiger charge is -2.11. The zero-order valence-corrected chi connectivity index (χ0v) is 15.0. The topological polar surface area (TPSA) is 78.1 Å². The van der Waals surface area contributed by atoms with E-state index in [1.165, 1.54) is 12.1 Å². The highest BCUT2D eigenvalue weighted by atomic mass is 19.4. The molecule has 3 rings (SSSR count). The van der Waals surface area contributed by atoms with Crippen LogP contribution in [-0.4, -0.2) is 32.3 Å². The lowest BCUT2D eigenvalue weighted by molar-refractivity contribution is -0.137. The number of benzene rings is 2. The highest BCUT2D eigenvalue weighted by Gasteiger charge is 2.29. The van der Waals surface area contributed by atoms with E-state index in [1.807, 2.05) is 0 Å². The molecule has 28 heavy (non-hydrogen) atoms. The summed E-state index contributed by atoms with van der Waals surface area (Å²) in [6.45, 7) is 1.61. The van der Waals surface area contributed by atoms with Gasteiger partial charge in [-0.25, -0.2) is 4.99 Å². The molecule has 1 aliphatic rings. The second kappa shape index (κ2) is 8.73. The number of nitrogens with one attached hydrogen (secondary N) is 1. The molecule has 0 saturated carbocycles. The molecule has 0 amide bonds. The van der Waals surface area contributed by atoms with E-state index < -0.39 is 11.7 Å². The lowest BCUT2D eigenvalue weighted by atomic mass is 10.2. The van der Waals surface area contributed by atoms with Crippen LogP contribution in [0.1, 0.15) is 12.0 Å². The summed E-state index contributed by atoms with van der Waals surface area (Å²) in [7, 11) is 0. The molecule has 0 unspecified atom stereocenters. The van der Waals surface area contributed by atoms with Gasteiger partial charge in [0.15, 0.2) is 17.5 Å². The average molecular weight is 395 g/mol. The molecule has 150 valence electrons. The fraction of sp³-hybridized carbons (Fsp3) is 0.316. The monoisotopic (exact) mass is 395 g/mol. The van der Waals surface area contributed by atoms with E-state index in [4.69, 9.17) is 19.9 Å². The Morgan fingerprint density at radius 2 is 1.79 bits per heavy atom. The summed E-state index contributed by atoms with van der Waals surface area (Å²) in [5, 5.41) is 2.95. The van der Waals surface area contributed by atoms with Gasteiger partial charge >= 0.3 is 6.18 Å². The molecule has 0 aromatic heterocycles. The maximum absolute atomic E-state index is 12.5. The summed E-state index contributed by atoms with van der Waals surface area (Å²) >= 11 is 0. The van der Waals surface area contributed by atoms with Crippen LogP contribution in [0.3, 0.4) is 0 Å². The molecule has 0 aliphatic carbocycles. The fourth-order valence-corrected chi connectivity index (χ4v) is 2.50. The van der Waals surface area contributed by atoms with E-state index >= 15 is 0 Å². The van der Waals surface area contributed by atoms with E-state index in [0.29, 0.717) is 36.1 Å². The first kappa shape index (κ1) is 19.7. The minimum atomic E-state index is -4.37. The Balaban J connectivity index is 1.48. The molecule has 0 radical (unpaired) electrons. The van der Waals surface area contributed by atoms with Crippen molar-refractivity contribution in [2.45, 2.75) is 12.6 Å². The quantitative estimate of drug-likeness (QED) is 0.459. The van der Waals surface area contributed by atoms with Crippen molar-refractivity contribution in [1.82, 2.24) is 0 Å². The van der Waals surface area contributed by atoms with Crippen molar-refractivity contribution in [2.75, 3.05) is 31.7 Å². The molecule has 0 fully saturated rings. The Labute approximate surface area is 160 Å². The van der Waals surface area contributed by atoms with Gasteiger partial charge in [-0.05, 0) is 36.4 Å². The van der Waals surface area contributed by atoms with Gasteiger partial charge in [0.05, 0.1) is 25.3 Å². The van der Waals surface area contributed by atoms with Gasteiger partial charge in [-0.1, -0.05) is 0 Å². The van der Waals surface area contributed by atoms with E-state index in [2.05, 4.69) is 10.3 Å². The second-order valence-corrected chi connectivity index (χ2v) is 5.97. The number of nitrogens with two attached hydrogens (primary N) is 1. The van der Waals surface area contributed by atoms with Crippen LogP contribution in [0.5, 0.6) is 17.2 Å². The van der Waals surface area contributed by atoms with Gasteiger partial charge in [0.25, 0.3) is 0 Å². The molecule has 0 saturated heterocycles. The molecule has 9 heteroatoms. The van der Waals surface area contributed by atoms with Crippen molar-refractivity contribution in [3.63, 3.8) is 0 Å². The maximum Gasteiger partial charge on any atom is 0.416 e. The van der Waals surface area contributed by atoms with Crippen LogP contribution in [0.4, 0.5) is 18.9 Å². The number of fused-ring (bicyclic) bond motifs is 1. The largest absolute Gasteiger partial charge is 0.492 e. The summed E-state index contributed by atoms with van der Waals surface area (Å²) in [4.78, 5) is 4.13. The molecule has 0 spiro atoms. The Kier molecular flexibility index (Phi) is 6.13. The van der Waals surface area contributed by atoms with Gasteiger partial charge < -0.3 is 25.3 Å². The maximum atomic E-state index is 12.5. The van der Waals surface area contributed by atoms with Gasteiger partial charge in [-0.15, -0.1) is 0 Å². The summed E-state index contributed by atoms with van der Waals surface area (Å²) in [5.41, 5.74) is 5.83. The molecule has 3 N–H and O–H groups in total. The third-order valence-electron chi connectivity index (χ3n) is 3.84. The fourth-order valence-electron chi connectivity index (χ4n) is 2.50. The predicted octanol–water partition coefficient (Wildman–Crippen LogP) is 3.67. The van der Waals surface area contributed by atoms with E-state index in [-0.39, 0.29) is 19.1 Å². The van der Waals surface area contributed by atoms with Crippen molar-refractivity contribution in [3.8, 4) is 17.2 Å². The van der Waals surface area contributed by atoms with Gasteiger partial charge in [0.1, 0.15) is 12.4 Å². The first-order chi connectivity index (χ1) is 13.4. The van der Waals surface area contributed by atoms with Crippen molar-refractivity contribution in [1.29, 1.82) is 0 Å². The van der Waals surface area contributed by atoms with Crippen LogP contribution in [-0.2, 0) is 6.18 Å². The molecule has 0 atom stereocenters. The minimum Gasteiger partial charge on any atom is -0.492 e. The highest BCUT2D eigenvalue weighted by Crippen LogP contribution is 2.32. The van der Waals surface area contributed by atoms with Gasteiger partial charge in [0.2, 0.25) is 0 Å². The molecule has 0 bridgehead atoms. The Bertz CT molecular complexity index is 823. The zero-order chi connectivity index (χ0) is 20.0. The van der Waals surface area contributed by atoms with Gasteiger partial charge in [0, 0.05) is 18.2 Å². The minimum absolute atomic E-state index is 0.175. The molecule has 2 aromatic rings. The molecule has 1 heterocycles. The third kappa shape index (κ3) is 5.45. The van der Waals surface area contributed by atoms with Gasteiger partial charge in [-0.3, -0.25) is 0 Å². The zero-order valence-electron chi connectivity index (χ0n) is 15.0. The number of hydrogen-bond acceptors (Lipinski definition) is 4. The van der Waals surface area contributed by atoms with Crippen molar-refractivity contribution >= 4 is 11.6 Å². The summed E-state index contributed by atoms with van der Waals surface area (Å²) in [6, 6.07) is 9.86. The van der Waals surface area contributed by atoms with Crippen LogP contribution >= 0.6 is 0 Å². The SMILES string of the molecule is NC(=NCCOc1ccc(C(F)(F)F)cc1)Nc1ccc2c(c1)OCCCO2. The smallest absolute Gasteiger partial charge is 0.416 e. The average Bonchev–Trinajstić information content (AvgIpc) is 2.90. The molecular formula is C19H20F3N3O3. The number of alkyl halides is 3. The molecular weight excluding hydrogens is 375 g/mol. The molecule has 2 aromatic carbocycles. The normalized spacial score (nSPS) is 14.3. The first-order valence-corrected chi connectivity index (χ1v) is 8.68. The van der Waals surface area contributed by atoms with E-state index in [1.54, 1.807) is 18.2 Å². The van der Waals surface area contributed by atoms with Crippen molar-refractivity contribution in [2.24, 2.45) is 10.7 Å². The number of anilines is 1. The van der Waals surface area contributed by atoms with Gasteiger partial charge in [-0.2, -0.15) is 13.2 Å². The molecule has 6 nitrogen and oxygen atoms in total. The number of aliphatic imine (C=N–C) groups is 1. The van der Waals surface area contributed by atoms with Crippen LogP contribution in [0, 0.1) is 0 Å². The number of ether oxygens (including phenoxy) is 3. The number of guanidine groups is 1. The number of halogens is 3. The van der Waals surface area contributed by atoms with E-state index in [0.717, 1.165) is 18.6 Å². The summed E-state index contributed by atoms with van der Waals surface area (Å²) in [6.07, 6.45) is -3.55. The Morgan fingerprint density at radius 3 is 2.50 bits per heavy atom. The third-order valence-corrected chi connectivity index (χ3v) is 3.84. The second-order valence-electron chi connectivity index (χ2n) is 5.97. The Morgan fingerprint density at radius 1 is 1.07 bits per heavy atom. The van der Waals surface area contributed by atoms with Crippen molar-refractivity contribution < 1.29 is 27.4 Å². The summed E-state index contributed by atoms with van der Waals surface area (Å²) in [5.74, 6) is 1.84. The van der Waals surface area contributed by atoms with Crippen LogP contribution in [0.2, 0.25) is 0 Å². The first-order valence-electron chi connectivity index (χ1n) is 8.68. The summed E-state index contributed by atoms with van der Waals surface area (Å²) < 4.78 is 54.1. The number of rotatable bonds is 5. The molecule has 1 aliphatic heterocycles. The number of hydrogen-bond donors (Lipinski definition) is 2. The van der Waals surface area contributed by atoms with Crippen LogP contribution in [0.25, 0.3) is 0 Å². The predicted molar refractivity (Wildman–Crippen MR) is 99.1 cm³/mol. The van der Waals surface area contributed by atoms with Crippen LogP contribution in [0.15, 0.2) is 47.5 Å². The Hall–Kier alpha value is -3.10. The van der Waals surface area contributed by atoms with Crippen molar-refractivity contribution in [3.05, 3.63) is 48.0 Å². The van der Waals surface area contributed by atoms with Crippen LogP contribution < -0.4 is 25.3 Å². The standard InChI is InChI=1S/C19H20F3N3O3/c20-19(21,22)13-2-5-15(6-3-13)26-11-8-24-18(23)25-14-4-7-16-17(12-14)28-10-1-9-27-16/h2-7,12H,1,8-11H2,(H3,23,24,25). The number of nitrogens with zero attached hydrogens (tertiary/aromatic N) is 1. The van der Waals surface area contributed by atoms with E-state index in [9.17, 15) is 13.2 Å². The lowest BCUT2D eigenvalue weighted by Crippen LogP contribution is -2.23.